The third-order valence-electron chi connectivity index (χ3n) is 2.79. The van der Waals surface area contributed by atoms with Gasteiger partial charge in [-0.05, 0) is 30.5 Å². The molecule has 0 amide bonds. The van der Waals surface area contributed by atoms with E-state index in [-0.39, 0.29) is 0 Å². The number of hydrogen-bond donors (Lipinski definition) is 1. The zero-order valence-electron chi connectivity index (χ0n) is 9.31. The van der Waals surface area contributed by atoms with Gasteiger partial charge in [0, 0.05) is 24.9 Å². The largest absolute Gasteiger partial charge is 0.478 e. The Kier molecular flexibility index (Phi) is 2.95. The lowest BCUT2D eigenvalue weighted by atomic mass is 10.2. The number of carboxylic acids is 1. The number of rotatable bonds is 3. The van der Waals surface area contributed by atoms with Crippen LogP contribution in [0.1, 0.15) is 12.5 Å². The highest BCUT2D eigenvalue weighted by atomic mass is 16.4. The second-order valence-electron chi connectivity index (χ2n) is 4.13. The zero-order chi connectivity index (χ0) is 11.5. The van der Waals surface area contributed by atoms with E-state index in [1.54, 1.807) is 0 Å². The summed E-state index contributed by atoms with van der Waals surface area (Å²) in [6, 6.07) is 8.29. The fourth-order valence-corrected chi connectivity index (χ4v) is 2.13. The van der Waals surface area contributed by atoms with Gasteiger partial charge in [0.25, 0.3) is 0 Å². The Balaban J connectivity index is 2.12. The number of para-hydroxylation sites is 1. The molecule has 84 valence electrons. The standard InChI is InChI=1S/C13H15NO2/c1-10(8-13(15)16)9-14-7-6-11-4-2-3-5-12(11)14/h2-5,8H,6-7,9H2,1H3,(H,15,16). The summed E-state index contributed by atoms with van der Waals surface area (Å²) in [6.07, 6.45) is 2.33. The maximum atomic E-state index is 10.5. The Hall–Kier alpha value is -1.77. The van der Waals surface area contributed by atoms with Crippen molar-refractivity contribution in [3.05, 3.63) is 41.5 Å². The number of carboxylic acid groups (broad SMARTS) is 1. The first-order valence-electron chi connectivity index (χ1n) is 5.40. The lowest BCUT2D eigenvalue weighted by molar-refractivity contribution is -0.131. The third-order valence-corrected chi connectivity index (χ3v) is 2.79. The van der Waals surface area contributed by atoms with E-state index in [0.717, 1.165) is 18.5 Å². The molecule has 0 saturated heterocycles. The number of fused-ring (bicyclic) bond motifs is 1. The topological polar surface area (TPSA) is 40.5 Å². The predicted molar refractivity (Wildman–Crippen MR) is 63.8 cm³/mol. The van der Waals surface area contributed by atoms with Gasteiger partial charge in [0.15, 0.2) is 0 Å². The molecule has 0 radical (unpaired) electrons. The van der Waals surface area contributed by atoms with Gasteiger partial charge in [0.05, 0.1) is 0 Å². The van der Waals surface area contributed by atoms with Crippen LogP contribution in [0.5, 0.6) is 0 Å². The van der Waals surface area contributed by atoms with E-state index < -0.39 is 5.97 Å². The van der Waals surface area contributed by atoms with Crippen LogP contribution < -0.4 is 4.90 Å². The van der Waals surface area contributed by atoms with Crippen molar-refractivity contribution in [2.75, 3.05) is 18.0 Å². The molecule has 3 nitrogen and oxygen atoms in total. The summed E-state index contributed by atoms with van der Waals surface area (Å²) in [5.74, 6) is -0.870. The molecule has 0 saturated carbocycles. The van der Waals surface area contributed by atoms with E-state index in [4.69, 9.17) is 5.11 Å². The minimum Gasteiger partial charge on any atom is -0.478 e. The number of nitrogens with zero attached hydrogens (tertiary/aromatic N) is 1. The molecule has 3 heteroatoms. The molecule has 16 heavy (non-hydrogen) atoms. The number of aliphatic carboxylic acids is 1. The van der Waals surface area contributed by atoms with Crippen LogP contribution in [-0.4, -0.2) is 24.2 Å². The second kappa shape index (κ2) is 4.39. The molecule has 0 aliphatic carbocycles. The van der Waals surface area contributed by atoms with Gasteiger partial charge in [-0.3, -0.25) is 0 Å². The molecule has 0 aromatic heterocycles. The van der Waals surface area contributed by atoms with Gasteiger partial charge in [-0.1, -0.05) is 18.2 Å². The lowest BCUT2D eigenvalue weighted by Gasteiger charge is -2.19. The summed E-state index contributed by atoms with van der Waals surface area (Å²) in [6.45, 7) is 3.53. The van der Waals surface area contributed by atoms with Crippen molar-refractivity contribution in [3.8, 4) is 0 Å². The van der Waals surface area contributed by atoms with E-state index in [1.165, 1.54) is 17.3 Å². The van der Waals surface area contributed by atoms with E-state index >= 15 is 0 Å². The van der Waals surface area contributed by atoms with E-state index in [0.29, 0.717) is 6.54 Å². The van der Waals surface area contributed by atoms with Gasteiger partial charge in [0.2, 0.25) is 0 Å². The number of carbonyl (C=O) groups is 1. The molecule has 1 aliphatic rings. The van der Waals surface area contributed by atoms with Gasteiger partial charge in [0.1, 0.15) is 0 Å². The van der Waals surface area contributed by atoms with Crippen molar-refractivity contribution >= 4 is 11.7 Å². The molecule has 0 spiro atoms. The Bertz CT molecular complexity index is 437. The summed E-state index contributed by atoms with van der Waals surface area (Å²) >= 11 is 0. The molecule has 1 aromatic carbocycles. The predicted octanol–water partition coefficient (Wildman–Crippen LogP) is 2.08. The van der Waals surface area contributed by atoms with Gasteiger partial charge in [-0.15, -0.1) is 0 Å². The third kappa shape index (κ3) is 2.24. The monoisotopic (exact) mass is 217 g/mol. The van der Waals surface area contributed by atoms with Crippen molar-refractivity contribution in [2.45, 2.75) is 13.3 Å². The molecule has 0 unspecified atom stereocenters. The average Bonchev–Trinajstić information content (AvgIpc) is 2.61. The summed E-state index contributed by atoms with van der Waals surface area (Å²) < 4.78 is 0. The highest BCUT2D eigenvalue weighted by Gasteiger charge is 2.17. The van der Waals surface area contributed by atoms with Gasteiger partial charge in [-0.25, -0.2) is 4.79 Å². The summed E-state index contributed by atoms with van der Waals surface area (Å²) in [5, 5.41) is 8.66. The van der Waals surface area contributed by atoms with Crippen LogP contribution in [0.25, 0.3) is 0 Å². The summed E-state index contributed by atoms with van der Waals surface area (Å²) in [5.41, 5.74) is 3.47. The lowest BCUT2D eigenvalue weighted by Crippen LogP contribution is -2.22. The Morgan fingerprint density at radius 1 is 1.50 bits per heavy atom. The quantitative estimate of drug-likeness (QED) is 0.788. The van der Waals surface area contributed by atoms with Crippen LogP contribution in [0.2, 0.25) is 0 Å². The smallest absolute Gasteiger partial charge is 0.328 e. The van der Waals surface area contributed by atoms with Crippen LogP contribution in [0.4, 0.5) is 5.69 Å². The first kappa shape index (κ1) is 10.7. The second-order valence-corrected chi connectivity index (χ2v) is 4.13. The minimum absolute atomic E-state index is 0.698. The van der Waals surface area contributed by atoms with Crippen LogP contribution in [0.3, 0.4) is 0 Å². The fourth-order valence-electron chi connectivity index (χ4n) is 2.13. The molecular weight excluding hydrogens is 202 g/mol. The highest BCUT2D eigenvalue weighted by Crippen LogP contribution is 2.27. The van der Waals surface area contributed by atoms with Crippen molar-refractivity contribution in [1.82, 2.24) is 0 Å². The molecule has 1 aromatic rings. The molecule has 0 atom stereocenters. The number of benzene rings is 1. The summed E-state index contributed by atoms with van der Waals surface area (Å²) in [7, 11) is 0. The summed E-state index contributed by atoms with van der Waals surface area (Å²) in [4.78, 5) is 12.8. The first-order chi connectivity index (χ1) is 7.66. The first-order valence-corrected chi connectivity index (χ1v) is 5.40. The van der Waals surface area contributed by atoms with E-state index in [9.17, 15) is 4.79 Å². The van der Waals surface area contributed by atoms with Crippen molar-refractivity contribution in [1.29, 1.82) is 0 Å². The molecule has 0 bridgehead atoms. The number of hydrogen-bond acceptors (Lipinski definition) is 2. The number of anilines is 1. The van der Waals surface area contributed by atoms with Crippen molar-refractivity contribution in [3.63, 3.8) is 0 Å². The maximum absolute atomic E-state index is 10.5. The Morgan fingerprint density at radius 3 is 3.00 bits per heavy atom. The van der Waals surface area contributed by atoms with Gasteiger partial charge in [-0.2, -0.15) is 0 Å². The molecule has 1 N–H and O–H groups in total. The van der Waals surface area contributed by atoms with E-state index in [1.807, 2.05) is 19.1 Å². The molecule has 1 heterocycles. The molecule has 2 rings (SSSR count). The highest BCUT2D eigenvalue weighted by molar-refractivity contribution is 5.80. The molecule has 0 fully saturated rings. The normalized spacial score (nSPS) is 15.1. The maximum Gasteiger partial charge on any atom is 0.328 e. The Morgan fingerprint density at radius 2 is 2.25 bits per heavy atom. The minimum atomic E-state index is -0.870. The van der Waals surface area contributed by atoms with Crippen LogP contribution in [0, 0.1) is 0 Å². The molecular formula is C13H15NO2. The SMILES string of the molecule is CC(=CC(=O)O)CN1CCc2ccccc21. The van der Waals surface area contributed by atoms with Crippen LogP contribution in [-0.2, 0) is 11.2 Å². The zero-order valence-corrected chi connectivity index (χ0v) is 9.31. The van der Waals surface area contributed by atoms with E-state index in [2.05, 4.69) is 17.0 Å². The fraction of sp³-hybridized carbons (Fsp3) is 0.308. The van der Waals surface area contributed by atoms with Crippen molar-refractivity contribution in [2.24, 2.45) is 0 Å². The van der Waals surface area contributed by atoms with Gasteiger partial charge >= 0.3 is 5.97 Å². The molecule has 1 aliphatic heterocycles. The Labute approximate surface area is 95.0 Å². The van der Waals surface area contributed by atoms with Crippen LogP contribution in [0.15, 0.2) is 35.9 Å². The van der Waals surface area contributed by atoms with Gasteiger partial charge < -0.3 is 10.0 Å². The van der Waals surface area contributed by atoms with Crippen molar-refractivity contribution < 1.29 is 9.90 Å². The average molecular weight is 217 g/mol. The van der Waals surface area contributed by atoms with Crippen LogP contribution >= 0.6 is 0 Å².